The fraction of sp³-hybridized carbons (Fsp3) is 0.300. The van der Waals surface area contributed by atoms with Crippen LogP contribution in [-0.4, -0.2) is 22.2 Å². The van der Waals surface area contributed by atoms with E-state index in [0.717, 1.165) is 5.82 Å². The summed E-state index contributed by atoms with van der Waals surface area (Å²) in [5.74, 6) is 2.14. The van der Waals surface area contributed by atoms with Crippen LogP contribution < -0.4 is 4.90 Å². The van der Waals surface area contributed by atoms with Gasteiger partial charge in [-0.3, -0.25) is 0 Å². The Labute approximate surface area is 87.7 Å². The van der Waals surface area contributed by atoms with Crippen LogP contribution in [0, 0.1) is 6.92 Å². The molecule has 0 fully saturated rings. The summed E-state index contributed by atoms with van der Waals surface area (Å²) in [6, 6.07) is 5.77. The Morgan fingerprint density at radius 2 is 2.27 bits per heavy atom. The molecular formula is C10H12N4O. The van der Waals surface area contributed by atoms with E-state index >= 15 is 0 Å². The van der Waals surface area contributed by atoms with E-state index in [-0.39, 0.29) is 0 Å². The molecule has 0 aliphatic carbocycles. The zero-order valence-electron chi connectivity index (χ0n) is 8.71. The quantitative estimate of drug-likeness (QED) is 0.756. The van der Waals surface area contributed by atoms with Gasteiger partial charge in [-0.05, 0) is 12.1 Å². The predicted octanol–water partition coefficient (Wildman–Crippen LogP) is 1.41. The van der Waals surface area contributed by atoms with Crippen LogP contribution in [0.15, 0.2) is 28.9 Å². The van der Waals surface area contributed by atoms with Crippen molar-refractivity contribution in [3.8, 4) is 0 Å². The van der Waals surface area contributed by atoms with Gasteiger partial charge in [-0.1, -0.05) is 11.2 Å². The number of rotatable bonds is 3. The summed E-state index contributed by atoms with van der Waals surface area (Å²) in [5, 5.41) is 3.83. The molecule has 0 spiro atoms. The van der Waals surface area contributed by atoms with Crippen LogP contribution in [0.25, 0.3) is 0 Å². The van der Waals surface area contributed by atoms with E-state index in [1.54, 1.807) is 13.1 Å². The van der Waals surface area contributed by atoms with Crippen LogP contribution in [-0.2, 0) is 6.54 Å². The van der Waals surface area contributed by atoms with Crippen molar-refractivity contribution in [2.75, 3.05) is 11.9 Å². The molecular weight excluding hydrogens is 192 g/mol. The highest BCUT2D eigenvalue weighted by Crippen LogP contribution is 2.09. The Hall–Kier alpha value is -1.91. The van der Waals surface area contributed by atoms with Gasteiger partial charge in [-0.2, -0.15) is 4.98 Å². The lowest BCUT2D eigenvalue weighted by Crippen LogP contribution is -2.18. The van der Waals surface area contributed by atoms with E-state index < -0.39 is 0 Å². The SMILES string of the molecule is Cc1nc(CN(C)c2ccccn2)no1. The topological polar surface area (TPSA) is 55.1 Å². The van der Waals surface area contributed by atoms with Gasteiger partial charge in [0, 0.05) is 20.2 Å². The molecule has 0 aliphatic heterocycles. The molecule has 0 bridgehead atoms. The van der Waals surface area contributed by atoms with Crippen LogP contribution >= 0.6 is 0 Å². The number of aryl methyl sites for hydroxylation is 1. The lowest BCUT2D eigenvalue weighted by molar-refractivity contribution is 0.387. The Morgan fingerprint density at radius 3 is 2.87 bits per heavy atom. The molecule has 2 rings (SSSR count). The van der Waals surface area contributed by atoms with E-state index in [2.05, 4.69) is 15.1 Å². The standard InChI is InChI=1S/C10H12N4O/c1-8-12-9(13-15-8)7-14(2)10-5-3-4-6-11-10/h3-6H,7H2,1-2H3. The van der Waals surface area contributed by atoms with Crippen molar-refractivity contribution in [2.24, 2.45) is 0 Å². The summed E-state index contributed by atoms with van der Waals surface area (Å²) in [7, 11) is 1.94. The molecule has 0 N–H and O–H groups in total. The van der Waals surface area contributed by atoms with E-state index in [1.807, 2.05) is 30.1 Å². The smallest absolute Gasteiger partial charge is 0.223 e. The molecule has 2 aromatic heterocycles. The first kappa shape index (κ1) is 9.64. The van der Waals surface area contributed by atoms with Gasteiger partial charge in [0.15, 0.2) is 5.82 Å². The summed E-state index contributed by atoms with van der Waals surface area (Å²) in [5.41, 5.74) is 0. The van der Waals surface area contributed by atoms with Crippen LogP contribution in [0.5, 0.6) is 0 Å². The highest BCUT2D eigenvalue weighted by molar-refractivity contribution is 5.36. The first-order chi connectivity index (χ1) is 7.25. The van der Waals surface area contributed by atoms with Gasteiger partial charge in [0.05, 0.1) is 6.54 Å². The summed E-state index contributed by atoms with van der Waals surface area (Å²) in [6.07, 6.45) is 1.76. The fourth-order valence-corrected chi connectivity index (χ4v) is 1.28. The van der Waals surface area contributed by atoms with E-state index in [0.29, 0.717) is 18.3 Å². The summed E-state index contributed by atoms with van der Waals surface area (Å²) in [4.78, 5) is 10.3. The van der Waals surface area contributed by atoms with Crippen molar-refractivity contribution in [1.29, 1.82) is 0 Å². The summed E-state index contributed by atoms with van der Waals surface area (Å²) in [6.45, 7) is 2.37. The highest BCUT2D eigenvalue weighted by Gasteiger charge is 2.07. The maximum Gasteiger partial charge on any atom is 0.223 e. The zero-order valence-corrected chi connectivity index (χ0v) is 8.71. The second-order valence-corrected chi connectivity index (χ2v) is 3.27. The molecule has 2 aromatic rings. The van der Waals surface area contributed by atoms with Crippen molar-refractivity contribution >= 4 is 5.82 Å². The third kappa shape index (κ3) is 2.31. The van der Waals surface area contributed by atoms with Gasteiger partial charge in [-0.25, -0.2) is 4.98 Å². The molecule has 0 radical (unpaired) electrons. The van der Waals surface area contributed by atoms with Crippen molar-refractivity contribution in [2.45, 2.75) is 13.5 Å². The Balaban J connectivity index is 2.07. The van der Waals surface area contributed by atoms with Gasteiger partial charge in [0.1, 0.15) is 5.82 Å². The molecule has 5 nitrogen and oxygen atoms in total. The molecule has 0 atom stereocenters. The predicted molar refractivity (Wildman–Crippen MR) is 55.4 cm³/mol. The Morgan fingerprint density at radius 1 is 1.40 bits per heavy atom. The maximum atomic E-state index is 4.89. The maximum absolute atomic E-state index is 4.89. The number of aromatic nitrogens is 3. The zero-order chi connectivity index (χ0) is 10.7. The largest absolute Gasteiger partial charge is 0.352 e. The minimum Gasteiger partial charge on any atom is -0.352 e. The molecule has 0 saturated heterocycles. The van der Waals surface area contributed by atoms with Gasteiger partial charge < -0.3 is 9.42 Å². The minimum absolute atomic E-state index is 0.583. The first-order valence-electron chi connectivity index (χ1n) is 4.67. The van der Waals surface area contributed by atoms with Crippen molar-refractivity contribution < 1.29 is 4.52 Å². The van der Waals surface area contributed by atoms with Crippen LogP contribution in [0.4, 0.5) is 5.82 Å². The highest BCUT2D eigenvalue weighted by atomic mass is 16.5. The molecule has 78 valence electrons. The normalized spacial score (nSPS) is 10.3. The number of hydrogen-bond acceptors (Lipinski definition) is 5. The molecule has 0 aromatic carbocycles. The van der Waals surface area contributed by atoms with Gasteiger partial charge in [0.2, 0.25) is 5.89 Å². The van der Waals surface area contributed by atoms with E-state index in [1.165, 1.54) is 0 Å². The Kier molecular flexibility index (Phi) is 2.62. The molecule has 0 aliphatic rings. The Bertz CT molecular complexity index is 426. The minimum atomic E-state index is 0.583. The first-order valence-corrected chi connectivity index (χ1v) is 4.67. The molecule has 0 amide bonds. The van der Waals surface area contributed by atoms with Crippen LogP contribution in [0.2, 0.25) is 0 Å². The summed E-state index contributed by atoms with van der Waals surface area (Å²) < 4.78 is 4.89. The number of hydrogen-bond donors (Lipinski definition) is 0. The molecule has 15 heavy (non-hydrogen) atoms. The summed E-state index contributed by atoms with van der Waals surface area (Å²) >= 11 is 0. The molecule has 0 unspecified atom stereocenters. The molecule has 0 saturated carbocycles. The van der Waals surface area contributed by atoms with Crippen LogP contribution in [0.3, 0.4) is 0 Å². The molecule has 5 heteroatoms. The lowest BCUT2D eigenvalue weighted by Gasteiger charge is -2.14. The van der Waals surface area contributed by atoms with Gasteiger partial charge in [-0.15, -0.1) is 0 Å². The third-order valence-electron chi connectivity index (χ3n) is 1.99. The second kappa shape index (κ2) is 4.08. The third-order valence-corrected chi connectivity index (χ3v) is 1.99. The fourth-order valence-electron chi connectivity index (χ4n) is 1.28. The number of pyridine rings is 1. The van der Waals surface area contributed by atoms with Gasteiger partial charge in [0.25, 0.3) is 0 Å². The van der Waals surface area contributed by atoms with Crippen molar-refractivity contribution in [3.05, 3.63) is 36.1 Å². The van der Waals surface area contributed by atoms with E-state index in [9.17, 15) is 0 Å². The van der Waals surface area contributed by atoms with Crippen LogP contribution in [0.1, 0.15) is 11.7 Å². The number of anilines is 1. The lowest BCUT2D eigenvalue weighted by atomic mass is 10.4. The van der Waals surface area contributed by atoms with E-state index in [4.69, 9.17) is 4.52 Å². The number of nitrogens with zero attached hydrogens (tertiary/aromatic N) is 4. The average molecular weight is 204 g/mol. The average Bonchev–Trinajstić information content (AvgIpc) is 2.65. The van der Waals surface area contributed by atoms with Crippen molar-refractivity contribution in [3.63, 3.8) is 0 Å². The van der Waals surface area contributed by atoms with Crippen molar-refractivity contribution in [1.82, 2.24) is 15.1 Å². The molecule has 2 heterocycles. The second-order valence-electron chi connectivity index (χ2n) is 3.27. The van der Waals surface area contributed by atoms with Gasteiger partial charge >= 0.3 is 0 Å². The monoisotopic (exact) mass is 204 g/mol.